The Hall–Kier alpha value is -3.03. The number of aromatic nitrogens is 3. The Bertz CT molecular complexity index is 880. The van der Waals surface area contributed by atoms with Gasteiger partial charge in [-0.1, -0.05) is 24.3 Å². The molecule has 1 aliphatic rings. The number of benzene rings is 2. The fourth-order valence-electron chi connectivity index (χ4n) is 3.18. The van der Waals surface area contributed by atoms with E-state index in [4.69, 9.17) is 0 Å². The Balaban J connectivity index is 1.62. The van der Waals surface area contributed by atoms with Gasteiger partial charge in [0, 0.05) is 0 Å². The molecule has 0 saturated heterocycles. The van der Waals surface area contributed by atoms with Gasteiger partial charge in [-0.25, -0.2) is 9.07 Å². The van der Waals surface area contributed by atoms with Crippen molar-refractivity contribution in [1.82, 2.24) is 14.8 Å². The smallest absolute Gasteiger partial charge is 0.387 e. The predicted molar refractivity (Wildman–Crippen MR) is 88.6 cm³/mol. The zero-order chi connectivity index (χ0) is 18.1. The number of hydrogen-bond donors (Lipinski definition) is 1. The average Bonchev–Trinajstić information content (AvgIpc) is 3.10. The van der Waals surface area contributed by atoms with Crippen LogP contribution in [-0.2, 0) is 0 Å². The Morgan fingerprint density at radius 3 is 2.42 bits per heavy atom. The summed E-state index contributed by atoms with van der Waals surface area (Å²) in [5.74, 6) is 0.411. The summed E-state index contributed by atoms with van der Waals surface area (Å²) in [6.07, 6.45) is 2.11. The Morgan fingerprint density at radius 1 is 1.04 bits per heavy atom. The van der Waals surface area contributed by atoms with Gasteiger partial charge in [-0.15, -0.1) is 0 Å². The van der Waals surface area contributed by atoms with Gasteiger partial charge < -0.3 is 10.1 Å². The molecule has 2 atom stereocenters. The summed E-state index contributed by atoms with van der Waals surface area (Å²) >= 11 is 0. The quantitative estimate of drug-likeness (QED) is 0.759. The number of anilines is 1. The van der Waals surface area contributed by atoms with Crippen LogP contribution in [0.1, 0.15) is 29.6 Å². The van der Waals surface area contributed by atoms with Gasteiger partial charge in [0.2, 0.25) is 5.95 Å². The maximum Gasteiger partial charge on any atom is 0.387 e. The van der Waals surface area contributed by atoms with E-state index in [0.29, 0.717) is 12.4 Å². The highest BCUT2D eigenvalue weighted by Gasteiger charge is 2.29. The number of nitrogens with zero attached hydrogens (tertiary/aromatic N) is 3. The Labute approximate surface area is 147 Å². The molecule has 0 spiro atoms. The van der Waals surface area contributed by atoms with Gasteiger partial charge in [0.15, 0.2) is 0 Å². The summed E-state index contributed by atoms with van der Waals surface area (Å²) in [7, 11) is 0. The largest absolute Gasteiger partial charge is 0.435 e. The minimum Gasteiger partial charge on any atom is -0.435 e. The first kappa shape index (κ1) is 16.4. The molecular formula is C18H15F3N4O. The van der Waals surface area contributed by atoms with E-state index in [-0.39, 0.29) is 23.7 Å². The lowest BCUT2D eigenvalue weighted by Gasteiger charge is -2.31. The highest BCUT2D eigenvalue weighted by atomic mass is 19.3. The minimum atomic E-state index is -2.85. The van der Waals surface area contributed by atoms with Crippen LogP contribution in [0.5, 0.6) is 5.75 Å². The second kappa shape index (κ2) is 6.70. The third-order valence-corrected chi connectivity index (χ3v) is 4.39. The summed E-state index contributed by atoms with van der Waals surface area (Å²) in [6.45, 7) is -2.85. The number of halogens is 3. The maximum absolute atomic E-state index is 13.2. The van der Waals surface area contributed by atoms with Crippen LogP contribution in [0.3, 0.4) is 0 Å². The zero-order valence-electron chi connectivity index (χ0n) is 13.5. The van der Waals surface area contributed by atoms with E-state index in [9.17, 15) is 13.2 Å². The molecule has 0 amide bonds. The van der Waals surface area contributed by atoms with E-state index in [1.54, 1.807) is 28.9 Å². The Kier molecular flexibility index (Phi) is 4.24. The van der Waals surface area contributed by atoms with E-state index >= 15 is 0 Å². The number of rotatable bonds is 4. The first-order valence-electron chi connectivity index (χ1n) is 8.06. The molecule has 4 rings (SSSR count). The van der Waals surface area contributed by atoms with Crippen molar-refractivity contribution in [3.8, 4) is 5.75 Å². The second-order valence-corrected chi connectivity index (χ2v) is 5.98. The SMILES string of the molecule is Fc1ccc([C@H]2C[C@H](c3ccc(OC(F)F)cc3)Nc3ncnn32)cc1. The van der Waals surface area contributed by atoms with Crippen LogP contribution >= 0.6 is 0 Å². The fourth-order valence-corrected chi connectivity index (χ4v) is 3.18. The molecule has 8 heteroatoms. The lowest BCUT2D eigenvalue weighted by molar-refractivity contribution is -0.0498. The number of nitrogens with one attached hydrogen (secondary N) is 1. The van der Waals surface area contributed by atoms with Crippen molar-refractivity contribution in [3.63, 3.8) is 0 Å². The van der Waals surface area contributed by atoms with Crippen molar-refractivity contribution in [1.29, 1.82) is 0 Å². The molecule has 2 aromatic carbocycles. The highest BCUT2D eigenvalue weighted by Crippen LogP contribution is 2.37. The van der Waals surface area contributed by atoms with Crippen LogP contribution in [-0.4, -0.2) is 21.4 Å². The monoisotopic (exact) mass is 360 g/mol. The average molecular weight is 360 g/mol. The molecule has 134 valence electrons. The molecule has 3 aromatic rings. The van der Waals surface area contributed by atoms with Crippen molar-refractivity contribution < 1.29 is 17.9 Å². The van der Waals surface area contributed by atoms with Gasteiger partial charge in [0.1, 0.15) is 17.9 Å². The number of alkyl halides is 2. The van der Waals surface area contributed by atoms with Crippen LogP contribution in [0.2, 0.25) is 0 Å². The van der Waals surface area contributed by atoms with Crippen LogP contribution in [0.15, 0.2) is 54.9 Å². The predicted octanol–water partition coefficient (Wildman–Crippen LogP) is 4.16. The first-order chi connectivity index (χ1) is 12.6. The van der Waals surface area contributed by atoms with E-state index in [1.165, 1.54) is 30.6 Å². The van der Waals surface area contributed by atoms with Crippen molar-refractivity contribution in [2.24, 2.45) is 0 Å². The van der Waals surface area contributed by atoms with E-state index in [0.717, 1.165) is 11.1 Å². The van der Waals surface area contributed by atoms with Crippen LogP contribution in [0.4, 0.5) is 19.1 Å². The minimum absolute atomic E-state index is 0.0950. The van der Waals surface area contributed by atoms with Crippen LogP contribution < -0.4 is 10.1 Å². The summed E-state index contributed by atoms with van der Waals surface area (Å²) in [6, 6.07) is 12.6. The number of fused-ring (bicyclic) bond motifs is 1. The van der Waals surface area contributed by atoms with Gasteiger partial charge in [-0.2, -0.15) is 18.9 Å². The molecule has 0 aliphatic carbocycles. The van der Waals surface area contributed by atoms with Gasteiger partial charge in [0.25, 0.3) is 0 Å². The van der Waals surface area contributed by atoms with Crippen LogP contribution in [0.25, 0.3) is 0 Å². The van der Waals surface area contributed by atoms with Gasteiger partial charge in [-0.3, -0.25) is 0 Å². The molecule has 0 radical (unpaired) electrons. The summed E-state index contributed by atoms with van der Waals surface area (Å²) in [5.41, 5.74) is 1.83. The van der Waals surface area contributed by atoms with E-state index in [2.05, 4.69) is 20.1 Å². The standard InChI is InChI=1S/C18H15F3N4O/c19-13-5-1-12(2-6-13)16-9-15(24-18-22-10-23-25(16)18)11-3-7-14(8-4-11)26-17(20)21/h1-8,10,15-17H,9H2,(H,22,23,24)/t15-,16-/m1/s1. The lowest BCUT2D eigenvalue weighted by atomic mass is 9.93. The normalized spacial score (nSPS) is 19.1. The van der Waals surface area contributed by atoms with E-state index < -0.39 is 6.61 Å². The molecule has 0 saturated carbocycles. The summed E-state index contributed by atoms with van der Waals surface area (Å²) in [4.78, 5) is 4.23. The summed E-state index contributed by atoms with van der Waals surface area (Å²) in [5, 5.41) is 7.55. The third kappa shape index (κ3) is 3.22. The molecular weight excluding hydrogens is 345 g/mol. The van der Waals surface area contributed by atoms with E-state index in [1.807, 2.05) is 0 Å². The maximum atomic E-state index is 13.2. The van der Waals surface area contributed by atoms with Crippen molar-refractivity contribution >= 4 is 5.95 Å². The van der Waals surface area contributed by atoms with Crippen molar-refractivity contribution in [3.05, 3.63) is 71.8 Å². The molecule has 1 aromatic heterocycles. The third-order valence-electron chi connectivity index (χ3n) is 4.39. The molecule has 2 heterocycles. The zero-order valence-corrected chi connectivity index (χ0v) is 13.5. The second-order valence-electron chi connectivity index (χ2n) is 5.98. The van der Waals surface area contributed by atoms with Gasteiger partial charge in [0.05, 0.1) is 12.1 Å². The number of hydrogen-bond acceptors (Lipinski definition) is 4. The fraction of sp³-hybridized carbons (Fsp3) is 0.222. The molecule has 1 aliphatic heterocycles. The topological polar surface area (TPSA) is 52.0 Å². The molecule has 5 nitrogen and oxygen atoms in total. The van der Waals surface area contributed by atoms with Crippen LogP contribution in [0, 0.1) is 5.82 Å². The molecule has 26 heavy (non-hydrogen) atoms. The van der Waals surface area contributed by atoms with Crippen molar-refractivity contribution in [2.75, 3.05) is 5.32 Å². The highest BCUT2D eigenvalue weighted by molar-refractivity contribution is 5.39. The first-order valence-corrected chi connectivity index (χ1v) is 8.06. The molecule has 0 fully saturated rings. The Morgan fingerprint density at radius 2 is 1.73 bits per heavy atom. The number of ether oxygens (including phenoxy) is 1. The van der Waals surface area contributed by atoms with Crippen molar-refractivity contribution in [2.45, 2.75) is 25.1 Å². The summed E-state index contributed by atoms with van der Waals surface area (Å²) < 4.78 is 44.0. The van der Waals surface area contributed by atoms with Gasteiger partial charge in [-0.05, 0) is 41.8 Å². The molecule has 0 unspecified atom stereocenters. The molecule has 1 N–H and O–H groups in total. The molecule has 0 bridgehead atoms. The van der Waals surface area contributed by atoms with Gasteiger partial charge >= 0.3 is 6.61 Å². The lowest BCUT2D eigenvalue weighted by Crippen LogP contribution is -2.28.